The molecule has 0 aliphatic carbocycles. The molecule has 0 bridgehead atoms. The van der Waals surface area contributed by atoms with Gasteiger partial charge in [-0.05, 0) is 36.2 Å². The van der Waals surface area contributed by atoms with Crippen LogP contribution in [0.3, 0.4) is 0 Å². The average Bonchev–Trinajstić information content (AvgIpc) is 2.95. The van der Waals surface area contributed by atoms with Crippen LogP contribution in [0.1, 0.15) is 12.0 Å². The lowest BCUT2D eigenvalue weighted by Crippen LogP contribution is -2.41. The first kappa shape index (κ1) is 17.4. The molecule has 1 N–H and O–H groups in total. The second-order valence-corrected chi connectivity index (χ2v) is 7.65. The number of ether oxygens (including phenoxy) is 1. The Morgan fingerprint density at radius 2 is 1.80 bits per heavy atom. The van der Waals surface area contributed by atoms with Gasteiger partial charge in [-0.2, -0.15) is 0 Å². The maximum Gasteiger partial charge on any atom is 0.245 e. The van der Waals surface area contributed by atoms with E-state index in [0.29, 0.717) is 24.3 Å². The highest BCUT2D eigenvalue weighted by Crippen LogP contribution is 2.24. The highest BCUT2D eigenvalue weighted by Gasteiger charge is 2.35. The zero-order chi connectivity index (χ0) is 17.9. The molecule has 0 spiro atoms. The van der Waals surface area contributed by atoms with Gasteiger partial charge in [0.2, 0.25) is 15.9 Å². The first-order chi connectivity index (χ1) is 12.0. The smallest absolute Gasteiger partial charge is 0.245 e. The molecule has 1 aliphatic heterocycles. The number of amides is 1. The Kier molecular flexibility index (Phi) is 5.06. The number of carbonyl (C=O) groups excluding carboxylic acids is 1. The highest BCUT2D eigenvalue weighted by atomic mass is 32.2. The molecule has 0 unspecified atom stereocenters. The fraction of sp³-hybridized carbons (Fsp3) is 0.278. The topological polar surface area (TPSA) is 75.7 Å². The summed E-state index contributed by atoms with van der Waals surface area (Å²) in [5.41, 5.74) is 1.42. The largest absolute Gasteiger partial charge is 0.497 e. The maximum atomic E-state index is 12.6. The Balaban J connectivity index is 1.67. The van der Waals surface area contributed by atoms with E-state index in [-0.39, 0.29) is 11.7 Å². The minimum atomic E-state index is -3.58. The van der Waals surface area contributed by atoms with E-state index >= 15 is 0 Å². The summed E-state index contributed by atoms with van der Waals surface area (Å²) in [5.74, 6) is 0.331. The lowest BCUT2D eigenvalue weighted by Gasteiger charge is -2.17. The number of hydrogen-bond donors (Lipinski definition) is 1. The van der Waals surface area contributed by atoms with Gasteiger partial charge in [-0.3, -0.25) is 4.79 Å². The molecule has 0 aromatic heterocycles. The highest BCUT2D eigenvalue weighted by molar-refractivity contribution is 7.88. The molecule has 3 rings (SSSR count). The quantitative estimate of drug-likeness (QED) is 0.854. The van der Waals surface area contributed by atoms with Gasteiger partial charge >= 0.3 is 0 Å². The zero-order valence-corrected chi connectivity index (χ0v) is 14.7. The van der Waals surface area contributed by atoms with Crippen LogP contribution in [0.25, 0.3) is 0 Å². The molecule has 6 nitrogen and oxygen atoms in total. The van der Waals surface area contributed by atoms with Crippen molar-refractivity contribution in [3.63, 3.8) is 0 Å². The van der Waals surface area contributed by atoms with Crippen LogP contribution in [0.15, 0.2) is 54.6 Å². The minimum absolute atomic E-state index is 0.139. The summed E-state index contributed by atoms with van der Waals surface area (Å²) in [6, 6.07) is 15.3. The summed E-state index contributed by atoms with van der Waals surface area (Å²) < 4.78 is 32.3. The van der Waals surface area contributed by atoms with Crippen LogP contribution < -0.4 is 14.4 Å². The average molecular weight is 360 g/mol. The van der Waals surface area contributed by atoms with E-state index in [1.165, 1.54) is 0 Å². The molecule has 0 radical (unpaired) electrons. The Bertz CT molecular complexity index is 835. The minimum Gasteiger partial charge on any atom is -0.497 e. The van der Waals surface area contributed by atoms with Crippen LogP contribution in [0.2, 0.25) is 0 Å². The molecule has 7 heteroatoms. The van der Waals surface area contributed by atoms with Gasteiger partial charge in [0.25, 0.3) is 0 Å². The molecule has 1 fully saturated rings. The first-order valence-corrected chi connectivity index (χ1v) is 9.63. The Morgan fingerprint density at radius 1 is 1.12 bits per heavy atom. The van der Waals surface area contributed by atoms with Gasteiger partial charge in [-0.1, -0.05) is 30.3 Å². The lowest BCUT2D eigenvalue weighted by atomic mass is 10.2. The molecule has 1 atom stereocenters. The van der Waals surface area contributed by atoms with Crippen molar-refractivity contribution in [2.75, 3.05) is 18.6 Å². The summed E-state index contributed by atoms with van der Waals surface area (Å²) in [6.45, 7) is 0.476. The summed E-state index contributed by atoms with van der Waals surface area (Å²) in [5, 5.41) is 0. The fourth-order valence-corrected chi connectivity index (χ4v) is 4.23. The van der Waals surface area contributed by atoms with Crippen LogP contribution in [0.4, 0.5) is 5.69 Å². The van der Waals surface area contributed by atoms with Crippen LogP contribution in [0.5, 0.6) is 5.75 Å². The second-order valence-electron chi connectivity index (χ2n) is 5.89. The van der Waals surface area contributed by atoms with E-state index in [9.17, 15) is 13.2 Å². The summed E-state index contributed by atoms with van der Waals surface area (Å²) >= 11 is 0. The fourth-order valence-electron chi connectivity index (χ4n) is 2.86. The number of nitrogens with zero attached hydrogens (tertiary/aromatic N) is 1. The van der Waals surface area contributed by atoms with Crippen LogP contribution in [-0.2, 0) is 20.6 Å². The predicted molar refractivity (Wildman–Crippen MR) is 96.0 cm³/mol. The van der Waals surface area contributed by atoms with Gasteiger partial charge in [-0.25, -0.2) is 13.1 Å². The number of hydrogen-bond acceptors (Lipinski definition) is 4. The summed E-state index contributed by atoms with van der Waals surface area (Å²) in [4.78, 5) is 14.2. The first-order valence-electron chi connectivity index (χ1n) is 7.98. The predicted octanol–water partition coefficient (Wildman–Crippen LogP) is 1.92. The SMILES string of the molecule is COc1ccc(N2CC[C@H](NS(=O)(=O)Cc3ccccc3)C2=O)cc1. The van der Waals surface area contributed by atoms with Gasteiger partial charge in [0.15, 0.2) is 0 Å². The molecule has 2 aromatic rings. The van der Waals surface area contributed by atoms with Crippen molar-refractivity contribution in [3.05, 3.63) is 60.2 Å². The van der Waals surface area contributed by atoms with Crippen molar-refractivity contribution < 1.29 is 17.9 Å². The number of rotatable bonds is 6. The Labute approximate surface area is 147 Å². The molecule has 0 saturated carbocycles. The third-order valence-corrected chi connectivity index (χ3v) is 5.47. The molecule has 1 aliphatic rings. The third-order valence-electron chi connectivity index (χ3n) is 4.11. The van der Waals surface area contributed by atoms with Crippen molar-refractivity contribution in [2.45, 2.75) is 18.2 Å². The van der Waals surface area contributed by atoms with Crippen molar-refractivity contribution >= 4 is 21.6 Å². The number of benzene rings is 2. The van der Waals surface area contributed by atoms with Gasteiger partial charge < -0.3 is 9.64 Å². The van der Waals surface area contributed by atoms with E-state index in [0.717, 1.165) is 5.69 Å². The zero-order valence-electron chi connectivity index (χ0n) is 13.9. The molecule has 2 aromatic carbocycles. The van der Waals surface area contributed by atoms with E-state index in [2.05, 4.69) is 4.72 Å². The van der Waals surface area contributed by atoms with E-state index < -0.39 is 16.1 Å². The van der Waals surface area contributed by atoms with Gasteiger partial charge in [0.1, 0.15) is 11.8 Å². The van der Waals surface area contributed by atoms with E-state index in [4.69, 9.17) is 4.74 Å². The van der Waals surface area contributed by atoms with Crippen LogP contribution in [0, 0.1) is 0 Å². The third kappa shape index (κ3) is 4.18. The Morgan fingerprint density at radius 3 is 2.44 bits per heavy atom. The summed E-state index contributed by atoms with van der Waals surface area (Å²) in [7, 11) is -2.01. The number of sulfonamides is 1. The number of nitrogens with one attached hydrogen (secondary N) is 1. The second kappa shape index (κ2) is 7.25. The van der Waals surface area contributed by atoms with Gasteiger partial charge in [0.05, 0.1) is 12.9 Å². The van der Waals surface area contributed by atoms with Crippen LogP contribution in [-0.4, -0.2) is 34.0 Å². The van der Waals surface area contributed by atoms with Crippen molar-refractivity contribution in [1.82, 2.24) is 4.72 Å². The maximum absolute atomic E-state index is 12.6. The molecule has 1 amide bonds. The number of anilines is 1. The summed E-state index contributed by atoms with van der Waals surface area (Å²) in [6.07, 6.45) is 0.443. The number of methoxy groups -OCH3 is 1. The lowest BCUT2D eigenvalue weighted by molar-refractivity contribution is -0.118. The molecule has 1 saturated heterocycles. The number of carbonyl (C=O) groups is 1. The van der Waals surface area contributed by atoms with Crippen LogP contribution >= 0.6 is 0 Å². The monoisotopic (exact) mass is 360 g/mol. The molecular weight excluding hydrogens is 340 g/mol. The standard InChI is InChI=1S/C18H20N2O4S/c1-24-16-9-7-15(8-10-16)20-12-11-17(18(20)21)19-25(22,23)13-14-5-3-2-4-6-14/h2-10,17,19H,11-13H2,1H3/t17-/m0/s1. The normalized spacial score (nSPS) is 17.7. The van der Waals surface area contributed by atoms with E-state index in [1.807, 2.05) is 6.07 Å². The van der Waals surface area contributed by atoms with Crippen molar-refractivity contribution in [3.8, 4) is 5.75 Å². The van der Waals surface area contributed by atoms with Crippen molar-refractivity contribution in [2.24, 2.45) is 0 Å². The van der Waals surface area contributed by atoms with E-state index in [1.54, 1.807) is 60.5 Å². The Hall–Kier alpha value is -2.38. The molecule has 25 heavy (non-hydrogen) atoms. The van der Waals surface area contributed by atoms with Crippen molar-refractivity contribution in [1.29, 1.82) is 0 Å². The molecule has 1 heterocycles. The molecular formula is C18H20N2O4S. The molecule has 132 valence electrons. The van der Waals surface area contributed by atoms with Gasteiger partial charge in [-0.15, -0.1) is 0 Å². The van der Waals surface area contributed by atoms with Gasteiger partial charge in [0, 0.05) is 12.2 Å².